The van der Waals surface area contributed by atoms with Crippen LogP contribution in [0.4, 0.5) is 0 Å². The van der Waals surface area contributed by atoms with Crippen molar-refractivity contribution >= 4 is 23.4 Å². The monoisotopic (exact) mass is 462 g/mol. The number of halogens is 1. The molecule has 0 radical (unpaired) electrons. The van der Waals surface area contributed by atoms with Crippen molar-refractivity contribution in [2.75, 3.05) is 0 Å². The van der Waals surface area contributed by atoms with Crippen molar-refractivity contribution in [1.29, 1.82) is 0 Å². The first-order valence-corrected chi connectivity index (χ1v) is 11.5. The zero-order valence-electron chi connectivity index (χ0n) is 19.4. The van der Waals surface area contributed by atoms with Crippen molar-refractivity contribution in [3.63, 3.8) is 0 Å². The number of carbonyl (C=O) groups is 2. The van der Waals surface area contributed by atoms with Crippen LogP contribution >= 0.6 is 11.6 Å². The smallest absolute Gasteiger partial charge is 0.243 e. The number of benzene rings is 3. The first kappa shape index (κ1) is 24.5. The molecule has 5 heteroatoms. The molecule has 0 fully saturated rings. The van der Waals surface area contributed by atoms with Crippen molar-refractivity contribution in [2.45, 2.75) is 51.7 Å². The van der Waals surface area contributed by atoms with Gasteiger partial charge in [0.15, 0.2) is 0 Å². The molecule has 0 aliphatic carbocycles. The van der Waals surface area contributed by atoms with E-state index in [0.29, 0.717) is 11.4 Å². The second-order valence-corrected chi connectivity index (χ2v) is 9.63. The van der Waals surface area contributed by atoms with Crippen LogP contribution in [0.1, 0.15) is 37.5 Å². The van der Waals surface area contributed by atoms with Gasteiger partial charge in [-0.15, -0.1) is 0 Å². The third-order valence-electron chi connectivity index (χ3n) is 5.27. The van der Waals surface area contributed by atoms with Crippen LogP contribution in [0.15, 0.2) is 84.9 Å². The minimum absolute atomic E-state index is 0.119. The van der Waals surface area contributed by atoms with Crippen LogP contribution in [0.3, 0.4) is 0 Å². The van der Waals surface area contributed by atoms with Crippen molar-refractivity contribution in [3.05, 3.63) is 107 Å². The van der Waals surface area contributed by atoms with Crippen LogP contribution in [0.25, 0.3) is 0 Å². The van der Waals surface area contributed by atoms with E-state index in [-0.39, 0.29) is 24.8 Å². The van der Waals surface area contributed by atoms with Crippen LogP contribution < -0.4 is 5.32 Å². The molecule has 33 heavy (non-hydrogen) atoms. The van der Waals surface area contributed by atoms with Crippen LogP contribution in [0, 0.1) is 0 Å². The quantitative estimate of drug-likeness (QED) is 0.484. The fourth-order valence-corrected chi connectivity index (χ4v) is 3.88. The minimum Gasteiger partial charge on any atom is -0.350 e. The van der Waals surface area contributed by atoms with Gasteiger partial charge in [-0.05, 0) is 43.5 Å². The van der Waals surface area contributed by atoms with Crippen molar-refractivity contribution in [1.82, 2.24) is 10.2 Å². The van der Waals surface area contributed by atoms with Crippen LogP contribution in [0.5, 0.6) is 0 Å². The number of nitrogens with one attached hydrogen (secondary N) is 1. The van der Waals surface area contributed by atoms with Gasteiger partial charge in [0.05, 0.1) is 6.42 Å². The molecule has 0 aliphatic rings. The summed E-state index contributed by atoms with van der Waals surface area (Å²) >= 11 is 6.45. The first-order valence-electron chi connectivity index (χ1n) is 11.2. The Bertz CT molecular complexity index is 1060. The minimum atomic E-state index is -0.681. The fraction of sp³-hybridized carbons (Fsp3) is 0.286. The van der Waals surface area contributed by atoms with Gasteiger partial charge in [-0.2, -0.15) is 0 Å². The van der Waals surface area contributed by atoms with Crippen molar-refractivity contribution in [2.24, 2.45) is 0 Å². The molecule has 3 rings (SSSR count). The van der Waals surface area contributed by atoms with E-state index in [0.717, 1.165) is 16.7 Å². The summed E-state index contributed by atoms with van der Waals surface area (Å²) in [5, 5.41) is 3.65. The van der Waals surface area contributed by atoms with Crippen LogP contribution in [-0.4, -0.2) is 28.3 Å². The lowest BCUT2D eigenvalue weighted by molar-refractivity contribution is -0.141. The molecule has 1 unspecified atom stereocenters. The molecule has 1 atom stereocenters. The van der Waals surface area contributed by atoms with Gasteiger partial charge in [-0.1, -0.05) is 90.5 Å². The van der Waals surface area contributed by atoms with E-state index in [9.17, 15) is 9.59 Å². The summed E-state index contributed by atoms with van der Waals surface area (Å²) in [7, 11) is 0. The molecular weight excluding hydrogens is 432 g/mol. The third kappa shape index (κ3) is 7.47. The average molecular weight is 463 g/mol. The maximum absolute atomic E-state index is 13.6. The van der Waals surface area contributed by atoms with E-state index >= 15 is 0 Å². The Morgan fingerprint density at radius 3 is 1.97 bits per heavy atom. The summed E-state index contributed by atoms with van der Waals surface area (Å²) in [6.45, 7) is 6.07. The summed E-state index contributed by atoms with van der Waals surface area (Å²) in [5.41, 5.74) is 2.27. The Hall–Kier alpha value is -3.11. The number of rotatable bonds is 8. The molecule has 2 amide bonds. The molecule has 0 aliphatic heterocycles. The van der Waals surface area contributed by atoms with E-state index in [1.807, 2.05) is 99.6 Å². The fourth-order valence-electron chi connectivity index (χ4n) is 3.69. The molecule has 0 spiro atoms. The Balaban J connectivity index is 1.99. The van der Waals surface area contributed by atoms with E-state index in [1.165, 1.54) is 0 Å². The van der Waals surface area contributed by atoms with Crippen LogP contribution in [-0.2, 0) is 29.0 Å². The summed E-state index contributed by atoms with van der Waals surface area (Å²) in [4.78, 5) is 28.8. The Morgan fingerprint density at radius 1 is 0.848 bits per heavy atom. The maximum Gasteiger partial charge on any atom is 0.243 e. The molecule has 0 saturated heterocycles. The topological polar surface area (TPSA) is 49.4 Å². The highest BCUT2D eigenvalue weighted by molar-refractivity contribution is 6.31. The second kappa shape index (κ2) is 11.2. The molecule has 0 bridgehead atoms. The molecule has 1 N–H and O–H groups in total. The third-order valence-corrected chi connectivity index (χ3v) is 5.63. The highest BCUT2D eigenvalue weighted by atomic mass is 35.5. The molecule has 3 aromatic rings. The Morgan fingerprint density at radius 2 is 1.39 bits per heavy atom. The van der Waals surface area contributed by atoms with Gasteiger partial charge >= 0.3 is 0 Å². The lowest BCUT2D eigenvalue weighted by Crippen LogP contribution is -2.54. The highest BCUT2D eigenvalue weighted by Gasteiger charge is 2.32. The zero-order chi connectivity index (χ0) is 23.8. The van der Waals surface area contributed by atoms with Crippen molar-refractivity contribution in [3.8, 4) is 0 Å². The van der Waals surface area contributed by atoms with E-state index < -0.39 is 11.6 Å². The largest absolute Gasteiger partial charge is 0.350 e. The standard InChI is InChI=1S/C28H31ClN2O2/c1-28(2,3)30-27(33)25(18-21-12-6-4-7-13-21)31(20-23-16-10-11-17-24(23)29)26(32)19-22-14-8-5-9-15-22/h4-17,25H,18-20H2,1-3H3,(H,30,33). The SMILES string of the molecule is CC(C)(C)NC(=O)C(Cc1ccccc1)N(Cc1ccccc1Cl)C(=O)Cc1ccccc1. The zero-order valence-corrected chi connectivity index (χ0v) is 20.2. The normalized spacial score (nSPS) is 12.1. The Labute approximate surface area is 201 Å². The Kier molecular flexibility index (Phi) is 8.29. The molecule has 172 valence electrons. The van der Waals surface area contributed by atoms with Gasteiger partial charge in [-0.3, -0.25) is 9.59 Å². The maximum atomic E-state index is 13.6. The molecule has 4 nitrogen and oxygen atoms in total. The predicted octanol–water partition coefficient (Wildman–Crippen LogP) is 5.44. The summed E-state index contributed by atoms with van der Waals surface area (Å²) in [5.74, 6) is -0.300. The van der Waals surface area contributed by atoms with Gasteiger partial charge in [0.25, 0.3) is 0 Å². The lowest BCUT2D eigenvalue weighted by Gasteiger charge is -2.34. The van der Waals surface area contributed by atoms with Crippen molar-refractivity contribution < 1.29 is 9.59 Å². The van der Waals surface area contributed by atoms with Gasteiger partial charge in [0, 0.05) is 23.5 Å². The molecule has 0 saturated carbocycles. The van der Waals surface area contributed by atoms with Gasteiger partial charge in [0.2, 0.25) is 11.8 Å². The summed E-state index contributed by atoms with van der Waals surface area (Å²) in [6.07, 6.45) is 0.618. The molecule has 0 aromatic heterocycles. The first-order chi connectivity index (χ1) is 15.7. The number of hydrogen-bond acceptors (Lipinski definition) is 2. The lowest BCUT2D eigenvalue weighted by atomic mass is 10.00. The van der Waals surface area contributed by atoms with Crippen LogP contribution in [0.2, 0.25) is 5.02 Å². The summed E-state index contributed by atoms with van der Waals surface area (Å²) in [6, 6.07) is 26.1. The summed E-state index contributed by atoms with van der Waals surface area (Å²) < 4.78 is 0. The van der Waals surface area contributed by atoms with E-state index in [2.05, 4.69) is 5.32 Å². The van der Waals surface area contributed by atoms with E-state index in [4.69, 9.17) is 11.6 Å². The number of carbonyl (C=O) groups excluding carboxylic acids is 2. The average Bonchev–Trinajstić information content (AvgIpc) is 2.77. The van der Waals surface area contributed by atoms with Gasteiger partial charge < -0.3 is 10.2 Å². The van der Waals surface area contributed by atoms with E-state index in [1.54, 1.807) is 11.0 Å². The molecule has 3 aromatic carbocycles. The number of hydrogen-bond donors (Lipinski definition) is 1. The number of nitrogens with zero attached hydrogens (tertiary/aromatic N) is 1. The molecule has 0 heterocycles. The van der Waals surface area contributed by atoms with Gasteiger partial charge in [0.1, 0.15) is 6.04 Å². The van der Waals surface area contributed by atoms with Gasteiger partial charge in [-0.25, -0.2) is 0 Å². The number of amides is 2. The highest BCUT2D eigenvalue weighted by Crippen LogP contribution is 2.21. The molecular formula is C28H31ClN2O2. The second-order valence-electron chi connectivity index (χ2n) is 9.22. The predicted molar refractivity (Wildman–Crippen MR) is 134 cm³/mol.